The maximum Gasteiger partial charge on any atom is 0.120 e. The SMILES string of the molecule is CC1=CCC(C)C(C)(C)C1CC=O. The molecule has 0 aromatic rings. The third-order valence-corrected chi connectivity index (χ3v) is 3.84. The van der Waals surface area contributed by atoms with E-state index < -0.39 is 0 Å². The topological polar surface area (TPSA) is 17.1 Å². The summed E-state index contributed by atoms with van der Waals surface area (Å²) in [7, 11) is 0. The van der Waals surface area contributed by atoms with Gasteiger partial charge in [0.1, 0.15) is 6.29 Å². The first-order chi connectivity index (χ1) is 6.00. The van der Waals surface area contributed by atoms with Crippen LogP contribution in [0, 0.1) is 17.3 Å². The summed E-state index contributed by atoms with van der Waals surface area (Å²) >= 11 is 0. The summed E-state index contributed by atoms with van der Waals surface area (Å²) in [5.41, 5.74) is 1.68. The van der Waals surface area contributed by atoms with Crippen molar-refractivity contribution in [3.05, 3.63) is 11.6 Å². The number of rotatable bonds is 2. The quantitative estimate of drug-likeness (QED) is 0.471. The van der Waals surface area contributed by atoms with Gasteiger partial charge in [-0.25, -0.2) is 0 Å². The summed E-state index contributed by atoms with van der Waals surface area (Å²) < 4.78 is 0. The number of allylic oxidation sites excluding steroid dienone is 2. The third-order valence-electron chi connectivity index (χ3n) is 3.84. The van der Waals surface area contributed by atoms with Gasteiger partial charge < -0.3 is 4.79 Å². The summed E-state index contributed by atoms with van der Waals surface area (Å²) in [6.07, 6.45) is 5.19. The molecule has 74 valence electrons. The smallest absolute Gasteiger partial charge is 0.120 e. The van der Waals surface area contributed by atoms with Crippen molar-refractivity contribution >= 4 is 6.29 Å². The normalized spacial score (nSPS) is 32.5. The average molecular weight is 180 g/mol. The predicted molar refractivity (Wildman–Crippen MR) is 55.5 cm³/mol. The van der Waals surface area contributed by atoms with Gasteiger partial charge in [0.2, 0.25) is 0 Å². The van der Waals surface area contributed by atoms with E-state index in [0.29, 0.717) is 18.3 Å². The summed E-state index contributed by atoms with van der Waals surface area (Å²) in [4.78, 5) is 10.6. The molecule has 0 amide bonds. The molecule has 0 spiro atoms. The maximum absolute atomic E-state index is 10.6. The van der Waals surface area contributed by atoms with E-state index in [1.165, 1.54) is 5.57 Å². The van der Waals surface area contributed by atoms with Crippen molar-refractivity contribution in [3.63, 3.8) is 0 Å². The molecule has 2 unspecified atom stereocenters. The van der Waals surface area contributed by atoms with Crippen LogP contribution in [0.25, 0.3) is 0 Å². The zero-order valence-corrected chi connectivity index (χ0v) is 9.13. The molecule has 0 fully saturated rings. The molecule has 1 nitrogen and oxygen atoms in total. The van der Waals surface area contributed by atoms with E-state index in [0.717, 1.165) is 12.7 Å². The van der Waals surface area contributed by atoms with Crippen molar-refractivity contribution in [2.24, 2.45) is 17.3 Å². The molecule has 0 N–H and O–H groups in total. The van der Waals surface area contributed by atoms with Gasteiger partial charge in [0, 0.05) is 6.42 Å². The van der Waals surface area contributed by atoms with Crippen LogP contribution < -0.4 is 0 Å². The van der Waals surface area contributed by atoms with Gasteiger partial charge in [-0.2, -0.15) is 0 Å². The Bertz CT molecular complexity index is 225. The van der Waals surface area contributed by atoms with Crippen LogP contribution in [0.2, 0.25) is 0 Å². The molecule has 0 bridgehead atoms. The maximum atomic E-state index is 10.6. The average Bonchev–Trinajstić information content (AvgIpc) is 2.06. The number of aldehydes is 1. The second-order valence-electron chi connectivity index (χ2n) is 4.86. The Kier molecular flexibility index (Phi) is 2.94. The molecule has 1 aliphatic carbocycles. The fourth-order valence-electron chi connectivity index (χ4n) is 2.32. The summed E-state index contributed by atoms with van der Waals surface area (Å²) in [6, 6.07) is 0. The van der Waals surface area contributed by atoms with Crippen LogP contribution in [0.1, 0.15) is 40.5 Å². The fraction of sp³-hybridized carbons (Fsp3) is 0.750. The van der Waals surface area contributed by atoms with Gasteiger partial charge >= 0.3 is 0 Å². The van der Waals surface area contributed by atoms with E-state index in [9.17, 15) is 4.79 Å². The molecular formula is C12H20O. The Balaban J connectivity index is 2.91. The Morgan fingerprint density at radius 1 is 1.62 bits per heavy atom. The monoisotopic (exact) mass is 180 g/mol. The van der Waals surface area contributed by atoms with Gasteiger partial charge in [0.25, 0.3) is 0 Å². The zero-order valence-electron chi connectivity index (χ0n) is 9.13. The van der Waals surface area contributed by atoms with E-state index in [4.69, 9.17) is 0 Å². The molecule has 0 heterocycles. The van der Waals surface area contributed by atoms with E-state index in [1.807, 2.05) is 0 Å². The van der Waals surface area contributed by atoms with Gasteiger partial charge in [-0.05, 0) is 30.6 Å². The van der Waals surface area contributed by atoms with Gasteiger partial charge in [0.15, 0.2) is 0 Å². The van der Waals surface area contributed by atoms with E-state index in [1.54, 1.807) is 0 Å². The molecule has 0 saturated carbocycles. The van der Waals surface area contributed by atoms with Crippen LogP contribution in [-0.2, 0) is 4.79 Å². The van der Waals surface area contributed by atoms with Gasteiger partial charge in [0.05, 0.1) is 0 Å². The van der Waals surface area contributed by atoms with Gasteiger partial charge in [-0.15, -0.1) is 0 Å². The lowest BCUT2D eigenvalue weighted by molar-refractivity contribution is -0.109. The first-order valence-corrected chi connectivity index (χ1v) is 5.10. The van der Waals surface area contributed by atoms with E-state index in [2.05, 4.69) is 33.8 Å². The summed E-state index contributed by atoms with van der Waals surface area (Å²) in [5.74, 6) is 1.13. The highest BCUT2D eigenvalue weighted by atomic mass is 16.1. The van der Waals surface area contributed by atoms with Crippen molar-refractivity contribution in [2.75, 3.05) is 0 Å². The third kappa shape index (κ3) is 1.84. The van der Waals surface area contributed by atoms with Gasteiger partial charge in [-0.3, -0.25) is 0 Å². The van der Waals surface area contributed by atoms with Crippen LogP contribution in [0.5, 0.6) is 0 Å². The lowest BCUT2D eigenvalue weighted by Gasteiger charge is -2.42. The molecule has 13 heavy (non-hydrogen) atoms. The Hall–Kier alpha value is -0.590. The highest BCUT2D eigenvalue weighted by Crippen LogP contribution is 2.45. The molecule has 1 aliphatic rings. The molecule has 1 rings (SSSR count). The first kappa shape index (κ1) is 10.5. The molecule has 1 heteroatoms. The number of carbonyl (C=O) groups is 1. The summed E-state index contributed by atoms with van der Waals surface area (Å²) in [6.45, 7) is 8.99. The second kappa shape index (κ2) is 3.65. The Morgan fingerprint density at radius 2 is 2.23 bits per heavy atom. The first-order valence-electron chi connectivity index (χ1n) is 5.10. The largest absolute Gasteiger partial charge is 0.303 e. The number of hydrogen-bond acceptors (Lipinski definition) is 1. The fourth-order valence-corrected chi connectivity index (χ4v) is 2.32. The molecule has 0 radical (unpaired) electrons. The molecule has 0 aromatic carbocycles. The minimum Gasteiger partial charge on any atom is -0.303 e. The minimum absolute atomic E-state index is 0.278. The zero-order chi connectivity index (χ0) is 10.1. The molecule has 2 atom stereocenters. The number of hydrogen-bond donors (Lipinski definition) is 0. The Labute approximate surface area is 81.2 Å². The van der Waals surface area contributed by atoms with Crippen molar-refractivity contribution in [1.29, 1.82) is 0 Å². The molecule has 0 aromatic heterocycles. The molecule has 0 saturated heterocycles. The Morgan fingerprint density at radius 3 is 2.77 bits per heavy atom. The van der Waals surface area contributed by atoms with E-state index in [-0.39, 0.29) is 5.41 Å². The highest BCUT2D eigenvalue weighted by Gasteiger charge is 2.37. The van der Waals surface area contributed by atoms with Crippen LogP contribution in [0.3, 0.4) is 0 Å². The van der Waals surface area contributed by atoms with Crippen LogP contribution in [0.4, 0.5) is 0 Å². The van der Waals surface area contributed by atoms with Crippen LogP contribution >= 0.6 is 0 Å². The van der Waals surface area contributed by atoms with Crippen molar-refractivity contribution in [3.8, 4) is 0 Å². The van der Waals surface area contributed by atoms with Crippen LogP contribution in [-0.4, -0.2) is 6.29 Å². The van der Waals surface area contributed by atoms with Gasteiger partial charge in [-0.1, -0.05) is 32.4 Å². The summed E-state index contributed by atoms with van der Waals surface area (Å²) in [5, 5.41) is 0. The standard InChI is InChI=1S/C12H20O/c1-9-5-6-10(2)12(3,4)11(9)7-8-13/h5,8,10-11H,6-7H2,1-4H3. The van der Waals surface area contributed by atoms with Crippen molar-refractivity contribution < 1.29 is 4.79 Å². The van der Waals surface area contributed by atoms with E-state index >= 15 is 0 Å². The van der Waals surface area contributed by atoms with Crippen molar-refractivity contribution in [2.45, 2.75) is 40.5 Å². The molecule has 0 aliphatic heterocycles. The predicted octanol–water partition coefficient (Wildman–Crippen LogP) is 3.20. The highest BCUT2D eigenvalue weighted by molar-refractivity contribution is 5.51. The lowest BCUT2D eigenvalue weighted by Crippen LogP contribution is -2.34. The molecular weight excluding hydrogens is 160 g/mol. The van der Waals surface area contributed by atoms with Crippen molar-refractivity contribution in [1.82, 2.24) is 0 Å². The van der Waals surface area contributed by atoms with Crippen LogP contribution in [0.15, 0.2) is 11.6 Å². The number of carbonyl (C=O) groups excluding carboxylic acids is 1. The lowest BCUT2D eigenvalue weighted by atomic mass is 9.62. The minimum atomic E-state index is 0.278. The second-order valence-corrected chi connectivity index (χ2v) is 4.86.